The molecule has 0 aliphatic carbocycles. The van der Waals surface area contributed by atoms with E-state index in [0.717, 1.165) is 16.8 Å². The van der Waals surface area contributed by atoms with Gasteiger partial charge in [0.05, 0.1) is 4.91 Å². The van der Waals surface area contributed by atoms with Gasteiger partial charge in [-0.1, -0.05) is 54.3 Å². The molecule has 2 aromatic carbocycles. The number of nitrogens with one attached hydrogen (secondary N) is 2. The van der Waals surface area contributed by atoms with E-state index in [0.29, 0.717) is 15.0 Å². The predicted molar refractivity (Wildman–Crippen MR) is 108 cm³/mol. The van der Waals surface area contributed by atoms with Crippen molar-refractivity contribution in [3.05, 3.63) is 64.6 Å². The van der Waals surface area contributed by atoms with E-state index in [1.54, 1.807) is 18.2 Å². The van der Waals surface area contributed by atoms with Gasteiger partial charge < -0.3 is 15.4 Å². The van der Waals surface area contributed by atoms with Gasteiger partial charge in [-0.3, -0.25) is 9.59 Å². The molecule has 0 aromatic heterocycles. The summed E-state index contributed by atoms with van der Waals surface area (Å²) >= 11 is 6.19. The lowest BCUT2D eigenvalue weighted by atomic mass is 10.2. The Balaban J connectivity index is 1.55. The van der Waals surface area contributed by atoms with Crippen LogP contribution in [-0.2, 0) is 9.59 Å². The van der Waals surface area contributed by atoms with Crippen molar-refractivity contribution in [3.63, 3.8) is 0 Å². The minimum absolute atomic E-state index is 0.0820. The number of rotatable bonds is 5. The normalized spacial score (nSPS) is 15.0. The molecule has 0 spiro atoms. The molecule has 1 fully saturated rings. The third-order valence-corrected chi connectivity index (χ3v) is 4.77. The van der Waals surface area contributed by atoms with Crippen LogP contribution in [0.2, 0.25) is 0 Å². The van der Waals surface area contributed by atoms with Crippen LogP contribution in [0, 0.1) is 6.92 Å². The average molecular weight is 384 g/mol. The summed E-state index contributed by atoms with van der Waals surface area (Å²) < 4.78 is 5.96. The lowest BCUT2D eigenvalue weighted by Gasteiger charge is -2.09. The first-order chi connectivity index (χ1) is 12.5. The molecule has 0 radical (unpaired) electrons. The van der Waals surface area contributed by atoms with Gasteiger partial charge in [0, 0.05) is 5.69 Å². The van der Waals surface area contributed by atoms with E-state index in [1.165, 1.54) is 11.8 Å². The molecule has 1 heterocycles. The molecular formula is C19H16N2O3S2. The van der Waals surface area contributed by atoms with Crippen LogP contribution in [0.1, 0.15) is 11.1 Å². The Bertz CT molecular complexity index is 892. The molecular weight excluding hydrogens is 368 g/mol. The minimum Gasteiger partial charge on any atom is -0.484 e. The number of aryl methyl sites for hydroxylation is 1. The summed E-state index contributed by atoms with van der Waals surface area (Å²) in [4.78, 5) is 24.2. The summed E-state index contributed by atoms with van der Waals surface area (Å²) in [6.45, 7) is 1.85. The molecule has 0 atom stereocenters. The second-order valence-electron chi connectivity index (χ2n) is 5.57. The van der Waals surface area contributed by atoms with Crippen molar-refractivity contribution in [1.29, 1.82) is 0 Å². The fourth-order valence-electron chi connectivity index (χ4n) is 2.28. The summed E-state index contributed by atoms with van der Waals surface area (Å²) in [5.41, 5.74) is 2.61. The summed E-state index contributed by atoms with van der Waals surface area (Å²) in [5, 5.41) is 5.39. The Kier molecular flexibility index (Phi) is 5.70. The fourth-order valence-corrected chi connectivity index (χ4v) is 3.33. The zero-order valence-corrected chi connectivity index (χ0v) is 15.6. The van der Waals surface area contributed by atoms with Gasteiger partial charge >= 0.3 is 0 Å². The average Bonchev–Trinajstić information content (AvgIpc) is 2.93. The van der Waals surface area contributed by atoms with Crippen LogP contribution in [0.25, 0.3) is 6.08 Å². The van der Waals surface area contributed by atoms with Gasteiger partial charge in [0.1, 0.15) is 10.1 Å². The molecule has 0 saturated carbocycles. The van der Waals surface area contributed by atoms with Crippen molar-refractivity contribution >= 4 is 51.9 Å². The van der Waals surface area contributed by atoms with E-state index < -0.39 is 0 Å². The third kappa shape index (κ3) is 4.71. The van der Waals surface area contributed by atoms with Gasteiger partial charge in [-0.2, -0.15) is 0 Å². The fraction of sp³-hybridized carbons (Fsp3) is 0.105. The van der Waals surface area contributed by atoms with E-state index >= 15 is 0 Å². The summed E-state index contributed by atoms with van der Waals surface area (Å²) in [5.74, 6) is 0.164. The second-order valence-corrected chi connectivity index (χ2v) is 7.29. The van der Waals surface area contributed by atoms with Crippen LogP contribution in [0.15, 0.2) is 53.4 Å². The van der Waals surface area contributed by atoms with Crippen molar-refractivity contribution in [2.75, 3.05) is 11.9 Å². The van der Waals surface area contributed by atoms with Gasteiger partial charge in [-0.05, 0) is 42.3 Å². The quantitative estimate of drug-likeness (QED) is 0.610. The maximum atomic E-state index is 12.0. The zero-order valence-electron chi connectivity index (χ0n) is 13.9. The Morgan fingerprint density at radius 3 is 2.62 bits per heavy atom. The van der Waals surface area contributed by atoms with Gasteiger partial charge in [0.2, 0.25) is 0 Å². The highest BCUT2D eigenvalue weighted by Crippen LogP contribution is 2.26. The van der Waals surface area contributed by atoms with Crippen molar-refractivity contribution < 1.29 is 14.3 Å². The standard InChI is InChI=1S/C19H16N2O3S2/c1-12-4-2-3-5-15(12)20-17(22)11-24-14-8-6-13(7-9-14)10-16-18(23)21-19(25)26-16/h2-10H,11H2,1H3,(H,20,22)(H,21,23,25)/b16-10-. The summed E-state index contributed by atoms with van der Waals surface area (Å²) in [7, 11) is 0. The van der Waals surface area contributed by atoms with Crippen LogP contribution in [0.4, 0.5) is 5.69 Å². The predicted octanol–water partition coefficient (Wildman–Crippen LogP) is 3.50. The zero-order chi connectivity index (χ0) is 18.5. The number of amides is 2. The number of hydrogen-bond acceptors (Lipinski definition) is 5. The molecule has 0 unspecified atom stereocenters. The number of hydrogen-bond donors (Lipinski definition) is 2. The Hall–Kier alpha value is -2.64. The highest BCUT2D eigenvalue weighted by molar-refractivity contribution is 8.26. The van der Waals surface area contributed by atoms with Crippen LogP contribution >= 0.6 is 24.0 Å². The molecule has 3 rings (SSSR count). The van der Waals surface area contributed by atoms with Crippen LogP contribution in [0.3, 0.4) is 0 Å². The topological polar surface area (TPSA) is 67.4 Å². The Morgan fingerprint density at radius 1 is 1.23 bits per heavy atom. The molecule has 2 aromatic rings. The molecule has 2 N–H and O–H groups in total. The van der Waals surface area contributed by atoms with E-state index in [9.17, 15) is 9.59 Å². The highest BCUT2D eigenvalue weighted by atomic mass is 32.2. The van der Waals surface area contributed by atoms with Crippen molar-refractivity contribution in [2.45, 2.75) is 6.92 Å². The second kappa shape index (κ2) is 8.16. The molecule has 1 aliphatic heterocycles. The number of para-hydroxylation sites is 1. The monoisotopic (exact) mass is 384 g/mol. The SMILES string of the molecule is Cc1ccccc1NC(=O)COc1ccc(/C=C2\SC(=S)NC2=O)cc1. The van der Waals surface area contributed by atoms with Gasteiger partial charge in [0.25, 0.3) is 11.8 Å². The minimum atomic E-state index is -0.224. The first-order valence-corrected chi connectivity index (χ1v) is 9.07. The van der Waals surface area contributed by atoms with E-state index in [2.05, 4.69) is 10.6 Å². The first-order valence-electron chi connectivity index (χ1n) is 7.84. The van der Waals surface area contributed by atoms with Crippen LogP contribution in [-0.4, -0.2) is 22.7 Å². The smallest absolute Gasteiger partial charge is 0.263 e. The van der Waals surface area contributed by atoms with Crippen LogP contribution in [0.5, 0.6) is 5.75 Å². The maximum absolute atomic E-state index is 12.0. The Morgan fingerprint density at radius 2 is 1.96 bits per heavy atom. The lowest BCUT2D eigenvalue weighted by Crippen LogP contribution is -2.20. The molecule has 1 saturated heterocycles. The first kappa shape index (κ1) is 18.2. The number of benzene rings is 2. The van der Waals surface area contributed by atoms with Gasteiger partial charge in [-0.25, -0.2) is 0 Å². The number of anilines is 1. The maximum Gasteiger partial charge on any atom is 0.263 e. The molecule has 0 bridgehead atoms. The van der Waals surface area contributed by atoms with Gasteiger partial charge in [0.15, 0.2) is 6.61 Å². The number of carbonyl (C=O) groups excluding carboxylic acids is 2. The third-order valence-electron chi connectivity index (χ3n) is 3.61. The van der Waals surface area contributed by atoms with Gasteiger partial charge in [-0.15, -0.1) is 0 Å². The number of thiocarbonyl (C=S) groups is 1. The number of ether oxygens (including phenoxy) is 1. The molecule has 5 nitrogen and oxygen atoms in total. The van der Waals surface area contributed by atoms with Crippen molar-refractivity contribution in [3.8, 4) is 5.75 Å². The summed E-state index contributed by atoms with van der Waals surface area (Å²) in [6.07, 6.45) is 1.76. The van der Waals surface area contributed by atoms with Crippen molar-refractivity contribution in [2.24, 2.45) is 0 Å². The number of carbonyl (C=O) groups is 2. The van der Waals surface area contributed by atoms with E-state index in [1.807, 2.05) is 43.3 Å². The van der Waals surface area contributed by atoms with E-state index in [-0.39, 0.29) is 18.4 Å². The highest BCUT2D eigenvalue weighted by Gasteiger charge is 2.21. The van der Waals surface area contributed by atoms with Crippen molar-refractivity contribution in [1.82, 2.24) is 5.32 Å². The largest absolute Gasteiger partial charge is 0.484 e. The molecule has 132 valence electrons. The number of thioether (sulfide) groups is 1. The summed E-state index contributed by atoms with van der Waals surface area (Å²) in [6, 6.07) is 14.7. The van der Waals surface area contributed by atoms with Crippen LogP contribution < -0.4 is 15.4 Å². The van der Waals surface area contributed by atoms with E-state index in [4.69, 9.17) is 17.0 Å². The molecule has 26 heavy (non-hydrogen) atoms. The molecule has 7 heteroatoms. The lowest BCUT2D eigenvalue weighted by molar-refractivity contribution is -0.118. The molecule has 2 amide bonds. The molecule has 1 aliphatic rings. The Labute approximate surface area is 160 Å².